The van der Waals surface area contributed by atoms with Gasteiger partial charge in [0.05, 0.1) is 5.69 Å². The van der Waals surface area contributed by atoms with E-state index >= 15 is 0 Å². The minimum Gasteiger partial charge on any atom is -0.454 e. The van der Waals surface area contributed by atoms with Crippen LogP contribution < -0.4 is 19.9 Å². The van der Waals surface area contributed by atoms with Crippen molar-refractivity contribution in [3.63, 3.8) is 0 Å². The second-order valence-corrected chi connectivity index (χ2v) is 6.77. The van der Waals surface area contributed by atoms with Crippen LogP contribution in [-0.2, 0) is 4.79 Å². The van der Waals surface area contributed by atoms with Crippen LogP contribution in [0.15, 0.2) is 42.6 Å². The quantitative estimate of drug-likeness (QED) is 0.431. The maximum absolute atomic E-state index is 12.7. The molecule has 29 heavy (non-hydrogen) atoms. The smallest absolute Gasteiger partial charge is 0.255 e. The molecule has 2 aromatic carbocycles. The predicted molar refractivity (Wildman–Crippen MR) is 108 cm³/mol. The predicted octanol–water partition coefficient (Wildman–Crippen LogP) is 4.06. The Morgan fingerprint density at radius 1 is 1.17 bits per heavy atom. The van der Waals surface area contributed by atoms with Crippen molar-refractivity contribution in [3.8, 4) is 11.5 Å². The summed E-state index contributed by atoms with van der Waals surface area (Å²) in [4.78, 5) is 27.9. The van der Waals surface area contributed by atoms with E-state index < -0.39 is 0 Å². The number of rotatable bonds is 6. The van der Waals surface area contributed by atoms with Crippen LogP contribution in [0.2, 0.25) is 0 Å². The summed E-state index contributed by atoms with van der Waals surface area (Å²) in [5, 5.41) is 14.3. The summed E-state index contributed by atoms with van der Waals surface area (Å²) >= 11 is 0. The van der Waals surface area contributed by atoms with Crippen LogP contribution in [0.25, 0.3) is 10.9 Å². The standard InChI is InChI=1S/C21H21N3O5/c1-2-3-4-20(25)24(27)17-11-22-16-7-5-13(9-15(16)17)21(26)23-14-6-8-18-19(10-14)29-12-28-18/h5-11,22,27H,2-4,12H2,1H3,(H,23,26). The molecule has 0 radical (unpaired) electrons. The molecule has 0 fully saturated rings. The Balaban J connectivity index is 1.56. The number of unbranched alkanes of at least 4 members (excludes halogenated alkanes) is 1. The van der Waals surface area contributed by atoms with Gasteiger partial charge in [0.25, 0.3) is 11.8 Å². The minimum atomic E-state index is -0.386. The first-order valence-electron chi connectivity index (χ1n) is 9.41. The highest BCUT2D eigenvalue weighted by atomic mass is 16.7. The average molecular weight is 395 g/mol. The molecule has 0 unspecified atom stereocenters. The molecule has 1 aromatic heterocycles. The summed E-state index contributed by atoms with van der Waals surface area (Å²) in [7, 11) is 0. The first kappa shape index (κ1) is 18.8. The van der Waals surface area contributed by atoms with Crippen molar-refractivity contribution in [1.29, 1.82) is 0 Å². The molecule has 1 aliphatic rings. The molecule has 8 nitrogen and oxygen atoms in total. The lowest BCUT2D eigenvalue weighted by Gasteiger charge is -2.14. The molecule has 150 valence electrons. The summed E-state index contributed by atoms with van der Waals surface area (Å²) in [6, 6.07) is 10.2. The third-order valence-corrected chi connectivity index (χ3v) is 4.76. The number of ether oxygens (including phenoxy) is 2. The van der Waals surface area contributed by atoms with Crippen LogP contribution >= 0.6 is 0 Å². The van der Waals surface area contributed by atoms with Crippen molar-refractivity contribution in [2.75, 3.05) is 17.2 Å². The van der Waals surface area contributed by atoms with Gasteiger partial charge in [-0.1, -0.05) is 13.3 Å². The Labute approximate surface area is 167 Å². The van der Waals surface area contributed by atoms with E-state index in [4.69, 9.17) is 9.47 Å². The van der Waals surface area contributed by atoms with E-state index in [1.807, 2.05) is 6.92 Å². The molecule has 2 amide bonds. The molecule has 3 N–H and O–H groups in total. The van der Waals surface area contributed by atoms with Crippen molar-refractivity contribution in [3.05, 3.63) is 48.2 Å². The van der Waals surface area contributed by atoms with Crippen LogP contribution in [0, 0.1) is 0 Å². The topological polar surface area (TPSA) is 104 Å². The number of amides is 2. The zero-order valence-electron chi connectivity index (χ0n) is 15.9. The first-order chi connectivity index (χ1) is 14.1. The number of aromatic nitrogens is 1. The van der Waals surface area contributed by atoms with Gasteiger partial charge in [0.15, 0.2) is 11.5 Å². The molecule has 0 spiro atoms. The third kappa shape index (κ3) is 3.74. The maximum atomic E-state index is 12.7. The number of hydrogen-bond donors (Lipinski definition) is 3. The second-order valence-electron chi connectivity index (χ2n) is 6.77. The van der Waals surface area contributed by atoms with Crippen LogP contribution in [0.4, 0.5) is 11.4 Å². The number of anilines is 2. The van der Waals surface area contributed by atoms with Crippen LogP contribution in [0.3, 0.4) is 0 Å². The number of nitrogens with zero attached hydrogens (tertiary/aromatic N) is 1. The SMILES string of the molecule is CCCCC(=O)N(O)c1c[nH]c2ccc(C(=O)Nc3ccc4c(c3)OCO4)cc12. The Morgan fingerprint density at radius 3 is 2.83 bits per heavy atom. The zero-order valence-corrected chi connectivity index (χ0v) is 15.9. The van der Waals surface area contributed by atoms with Crippen LogP contribution in [0.1, 0.15) is 36.5 Å². The van der Waals surface area contributed by atoms with Gasteiger partial charge < -0.3 is 19.8 Å². The number of hydroxylamine groups is 1. The lowest BCUT2D eigenvalue weighted by atomic mass is 10.1. The van der Waals surface area contributed by atoms with Gasteiger partial charge in [-0.05, 0) is 36.8 Å². The molecular formula is C21H21N3O5. The molecule has 0 aliphatic carbocycles. The van der Waals surface area contributed by atoms with Gasteiger partial charge in [-0.2, -0.15) is 5.06 Å². The van der Waals surface area contributed by atoms with Gasteiger partial charge in [0.1, 0.15) is 0 Å². The van der Waals surface area contributed by atoms with Crippen molar-refractivity contribution < 1.29 is 24.3 Å². The maximum Gasteiger partial charge on any atom is 0.255 e. The van der Waals surface area contributed by atoms with Crippen molar-refractivity contribution in [2.45, 2.75) is 26.2 Å². The highest BCUT2D eigenvalue weighted by Gasteiger charge is 2.19. The third-order valence-electron chi connectivity index (χ3n) is 4.76. The molecule has 0 atom stereocenters. The highest BCUT2D eigenvalue weighted by Crippen LogP contribution is 2.34. The van der Waals surface area contributed by atoms with Crippen LogP contribution in [0.5, 0.6) is 11.5 Å². The number of nitrogens with one attached hydrogen (secondary N) is 2. The summed E-state index contributed by atoms with van der Waals surface area (Å²) in [6.45, 7) is 2.14. The first-order valence-corrected chi connectivity index (χ1v) is 9.41. The van der Waals surface area contributed by atoms with E-state index in [1.165, 1.54) is 0 Å². The molecule has 3 aromatic rings. The summed E-state index contributed by atoms with van der Waals surface area (Å²) in [5.74, 6) is 0.507. The normalized spacial score (nSPS) is 12.2. The molecule has 0 saturated carbocycles. The van der Waals surface area contributed by atoms with Gasteiger partial charge in [0, 0.05) is 40.8 Å². The molecular weight excluding hydrogens is 374 g/mol. The highest BCUT2D eigenvalue weighted by molar-refractivity contribution is 6.09. The summed E-state index contributed by atoms with van der Waals surface area (Å²) in [6.07, 6.45) is 3.36. The zero-order chi connectivity index (χ0) is 20.4. The van der Waals surface area contributed by atoms with E-state index in [-0.39, 0.29) is 25.0 Å². The van der Waals surface area contributed by atoms with Gasteiger partial charge in [-0.25, -0.2) is 0 Å². The number of carbonyl (C=O) groups is 2. The molecule has 4 rings (SSSR count). The number of benzene rings is 2. The van der Waals surface area contributed by atoms with Crippen molar-refractivity contribution in [2.24, 2.45) is 0 Å². The van der Waals surface area contributed by atoms with Gasteiger partial charge in [0.2, 0.25) is 6.79 Å². The fourth-order valence-corrected chi connectivity index (χ4v) is 3.17. The Morgan fingerprint density at radius 2 is 2.00 bits per heavy atom. The largest absolute Gasteiger partial charge is 0.454 e. The average Bonchev–Trinajstić information content (AvgIpc) is 3.37. The molecule has 1 aliphatic heterocycles. The number of carbonyl (C=O) groups excluding carboxylic acids is 2. The van der Waals surface area contributed by atoms with Gasteiger partial charge in [-0.15, -0.1) is 0 Å². The Kier molecular flexibility index (Phi) is 5.09. The molecule has 0 bridgehead atoms. The van der Waals surface area contributed by atoms with Gasteiger partial charge in [-0.3, -0.25) is 14.8 Å². The van der Waals surface area contributed by atoms with Crippen molar-refractivity contribution >= 4 is 34.1 Å². The summed E-state index contributed by atoms with van der Waals surface area (Å²) < 4.78 is 10.6. The number of fused-ring (bicyclic) bond motifs is 2. The Hall–Kier alpha value is -3.52. The summed E-state index contributed by atoms with van der Waals surface area (Å²) in [5.41, 5.74) is 2.00. The molecule has 8 heteroatoms. The fraction of sp³-hybridized carbons (Fsp3) is 0.238. The minimum absolute atomic E-state index is 0.161. The van der Waals surface area contributed by atoms with E-state index in [0.29, 0.717) is 50.8 Å². The molecule has 0 saturated heterocycles. The second kappa shape index (κ2) is 7.84. The fourth-order valence-electron chi connectivity index (χ4n) is 3.17. The lowest BCUT2D eigenvalue weighted by molar-refractivity contribution is -0.123. The van der Waals surface area contributed by atoms with Crippen molar-refractivity contribution in [1.82, 2.24) is 4.98 Å². The van der Waals surface area contributed by atoms with E-state index in [9.17, 15) is 14.8 Å². The monoisotopic (exact) mass is 395 g/mol. The Bertz CT molecular complexity index is 1080. The number of H-pyrrole nitrogens is 1. The van der Waals surface area contributed by atoms with E-state index in [0.717, 1.165) is 6.42 Å². The van der Waals surface area contributed by atoms with Gasteiger partial charge >= 0.3 is 0 Å². The molecule has 2 heterocycles. The lowest BCUT2D eigenvalue weighted by Crippen LogP contribution is -2.26. The van der Waals surface area contributed by atoms with Crippen LogP contribution in [-0.4, -0.2) is 28.8 Å². The van der Waals surface area contributed by atoms with E-state index in [2.05, 4.69) is 10.3 Å². The van der Waals surface area contributed by atoms with E-state index in [1.54, 1.807) is 42.6 Å². The number of aromatic amines is 1. The number of hydrogen-bond acceptors (Lipinski definition) is 5.